The first-order chi connectivity index (χ1) is 34.1. The summed E-state index contributed by atoms with van der Waals surface area (Å²) in [6.07, 6.45) is 28.0. The lowest BCUT2D eigenvalue weighted by atomic mass is 9.66. The van der Waals surface area contributed by atoms with Crippen molar-refractivity contribution in [2.75, 3.05) is 13.2 Å². The van der Waals surface area contributed by atoms with Gasteiger partial charge in [-0.15, -0.1) is 0 Å². The Hall–Kier alpha value is -4.04. The number of hydrogen-bond acceptors (Lipinski definition) is 6. The summed E-state index contributed by atoms with van der Waals surface area (Å²) in [4.78, 5) is 27.5. The van der Waals surface area contributed by atoms with Crippen LogP contribution in [0.4, 0.5) is 0 Å². The molecule has 4 aromatic rings. The minimum absolute atomic E-state index is 0.269. The molecule has 8 heteroatoms. The van der Waals surface area contributed by atoms with Gasteiger partial charge in [0.05, 0.1) is 24.3 Å². The summed E-state index contributed by atoms with van der Waals surface area (Å²) < 4.78 is 26.3. The fourth-order valence-corrected chi connectivity index (χ4v) is 13.4. The molecule has 0 amide bonds. The van der Waals surface area contributed by atoms with Crippen molar-refractivity contribution in [1.29, 1.82) is 0 Å². The van der Waals surface area contributed by atoms with Gasteiger partial charge in [0.15, 0.2) is 0 Å². The highest BCUT2D eigenvalue weighted by Crippen LogP contribution is 2.50. The van der Waals surface area contributed by atoms with Crippen LogP contribution in [0.3, 0.4) is 0 Å². The molecular weight excluding hydrogens is 931 g/mol. The molecule has 0 N–H and O–H groups in total. The van der Waals surface area contributed by atoms with E-state index in [1.165, 1.54) is 77.0 Å². The molecule has 374 valence electrons. The molecule has 4 aliphatic rings. The van der Waals surface area contributed by atoms with Crippen molar-refractivity contribution in [3.05, 3.63) is 124 Å². The zero-order valence-corrected chi connectivity index (χ0v) is 44.1. The maximum Gasteiger partial charge on any atom is 0.339 e. The molecule has 0 atom stereocenters. The van der Waals surface area contributed by atoms with Crippen molar-refractivity contribution < 1.29 is 28.5 Å². The highest BCUT2D eigenvalue weighted by molar-refractivity contribution is 9.10. The van der Waals surface area contributed by atoms with Crippen molar-refractivity contribution in [3.63, 3.8) is 0 Å². The van der Waals surface area contributed by atoms with E-state index in [2.05, 4.69) is 54.0 Å². The van der Waals surface area contributed by atoms with Crippen molar-refractivity contribution in [3.8, 4) is 11.5 Å². The minimum Gasteiger partial charge on any atom is -0.494 e. The zero-order valence-electron chi connectivity index (χ0n) is 42.5. The predicted molar refractivity (Wildman–Crippen MR) is 287 cm³/mol. The number of hydrogen-bond donors (Lipinski definition) is 0. The van der Waals surface area contributed by atoms with Gasteiger partial charge in [-0.05, 0) is 210 Å². The Morgan fingerprint density at radius 2 is 0.843 bits per heavy atom. The van der Waals surface area contributed by atoms with Crippen LogP contribution in [0.1, 0.15) is 200 Å². The number of carbonyl (C=O) groups excluding carboxylic acids is 2. The Balaban J connectivity index is 0.735. The third-order valence-electron chi connectivity index (χ3n) is 17.3. The van der Waals surface area contributed by atoms with Crippen LogP contribution in [-0.2, 0) is 20.7 Å². The van der Waals surface area contributed by atoms with E-state index in [0.29, 0.717) is 35.7 Å². The highest BCUT2D eigenvalue weighted by atomic mass is 79.9. The second-order valence-electron chi connectivity index (χ2n) is 21.9. The summed E-state index contributed by atoms with van der Waals surface area (Å²) in [6.45, 7) is 5.83. The minimum atomic E-state index is -0.641. The molecular formula is C62H80BBrO6. The second kappa shape index (κ2) is 25.6. The zero-order chi connectivity index (χ0) is 48.8. The topological polar surface area (TPSA) is 71.1 Å². The largest absolute Gasteiger partial charge is 0.494 e. The average molecular weight is 1010 g/mol. The number of unbranched alkanes of at least 4 members (excludes halogenated alkanes) is 3. The number of rotatable bonds is 21. The van der Waals surface area contributed by atoms with E-state index in [9.17, 15) is 9.59 Å². The van der Waals surface area contributed by atoms with E-state index < -0.39 is 11.2 Å². The van der Waals surface area contributed by atoms with Gasteiger partial charge in [-0.25, -0.2) is 9.59 Å². The van der Waals surface area contributed by atoms with Crippen LogP contribution in [0.2, 0.25) is 0 Å². The van der Waals surface area contributed by atoms with E-state index in [1.807, 2.05) is 72.8 Å². The summed E-state index contributed by atoms with van der Waals surface area (Å²) in [5.41, 5.74) is 2.70. The summed E-state index contributed by atoms with van der Waals surface area (Å²) in [5, 5.41) is 0. The van der Waals surface area contributed by atoms with Crippen molar-refractivity contribution in [2.45, 2.75) is 179 Å². The lowest BCUT2D eigenvalue weighted by Gasteiger charge is -2.43. The molecule has 4 aromatic carbocycles. The van der Waals surface area contributed by atoms with Crippen molar-refractivity contribution in [1.82, 2.24) is 0 Å². The Morgan fingerprint density at radius 1 is 0.486 bits per heavy atom. The third-order valence-corrected chi connectivity index (χ3v) is 17.9. The summed E-state index contributed by atoms with van der Waals surface area (Å²) in [5.74, 6) is 5.82. The predicted octanol–water partition coefficient (Wildman–Crippen LogP) is 16.0. The van der Waals surface area contributed by atoms with E-state index in [4.69, 9.17) is 26.8 Å². The van der Waals surface area contributed by atoms with Crippen molar-refractivity contribution >= 4 is 41.2 Å². The molecule has 8 rings (SSSR count). The van der Waals surface area contributed by atoms with E-state index in [1.54, 1.807) is 0 Å². The van der Waals surface area contributed by atoms with Gasteiger partial charge in [-0.3, -0.25) is 0 Å². The normalized spacial score (nSPS) is 27.0. The number of ether oxygens (including phenoxy) is 4. The number of carbonyl (C=O) groups is 2. The van der Waals surface area contributed by atoms with Crippen molar-refractivity contribution in [2.24, 2.45) is 35.5 Å². The molecule has 0 spiro atoms. The second-order valence-corrected chi connectivity index (χ2v) is 22.8. The Labute approximate surface area is 430 Å². The molecule has 4 aliphatic carbocycles. The maximum atomic E-state index is 13.8. The van der Waals surface area contributed by atoms with E-state index in [-0.39, 0.29) is 11.9 Å². The molecule has 6 nitrogen and oxygen atoms in total. The fourth-order valence-electron chi connectivity index (χ4n) is 13.1. The van der Waals surface area contributed by atoms with Gasteiger partial charge in [0.1, 0.15) is 30.5 Å². The molecule has 0 saturated heterocycles. The Kier molecular flexibility index (Phi) is 19.1. The Morgan fingerprint density at radius 3 is 1.21 bits per heavy atom. The third kappa shape index (κ3) is 13.9. The van der Waals surface area contributed by atoms with Gasteiger partial charge in [-0.1, -0.05) is 123 Å². The average Bonchev–Trinajstić information content (AvgIpc) is 3.39. The number of esters is 2. The first kappa shape index (κ1) is 52.3. The van der Waals surface area contributed by atoms with Crippen LogP contribution in [0, 0.1) is 35.5 Å². The quantitative estimate of drug-likeness (QED) is 0.0470. The van der Waals surface area contributed by atoms with Crippen LogP contribution in [0.25, 0.3) is 0 Å². The van der Waals surface area contributed by atoms with Crippen LogP contribution in [0.5, 0.6) is 11.5 Å². The van der Waals surface area contributed by atoms with Crippen LogP contribution in [-0.4, -0.2) is 33.0 Å². The molecule has 4 saturated carbocycles. The van der Waals surface area contributed by atoms with Crippen LogP contribution >= 0.6 is 15.9 Å². The molecule has 0 unspecified atom stereocenters. The van der Waals surface area contributed by atoms with Crippen LogP contribution in [0.15, 0.2) is 102 Å². The maximum absolute atomic E-state index is 13.8. The number of benzene rings is 4. The summed E-state index contributed by atoms with van der Waals surface area (Å²) in [6, 6.07) is 31.2. The van der Waals surface area contributed by atoms with Gasteiger partial charge >= 0.3 is 11.9 Å². The highest BCUT2D eigenvalue weighted by Gasteiger charge is 2.44. The van der Waals surface area contributed by atoms with Gasteiger partial charge in [0.2, 0.25) is 0 Å². The van der Waals surface area contributed by atoms with Crippen LogP contribution < -0.4 is 14.9 Å². The summed E-state index contributed by atoms with van der Waals surface area (Å²) >= 11 is 3.60. The van der Waals surface area contributed by atoms with E-state index in [0.717, 1.165) is 134 Å². The first-order valence-electron chi connectivity index (χ1n) is 27.7. The fraction of sp³-hybridized carbons (Fsp3) is 0.581. The van der Waals surface area contributed by atoms with Gasteiger partial charge in [-0.2, -0.15) is 0 Å². The standard InChI is InChI=1S/C62H80BBrO6/c1-3-9-45-11-15-47(16-12-45)49-35-39-61(40-36-49,53-23-27-55(63)28-24-53)69-59(65)51-19-31-57(32-20-51)67-43-7-5-6-8-44-68-58-33-21-52(22-34-58)60(66)70-62(54-25-29-56(64)30-26-54)41-37-50(38-42-62)48-17-13-46(10-4-2)14-18-48/h19-34,45-50H,3-18,35-44H2,1-2H3. The molecule has 4 fully saturated rings. The summed E-state index contributed by atoms with van der Waals surface area (Å²) in [7, 11) is 6.08. The first-order valence-corrected chi connectivity index (χ1v) is 28.5. The molecule has 0 heterocycles. The molecule has 0 aromatic heterocycles. The lowest BCUT2D eigenvalue weighted by molar-refractivity contribution is -0.0561. The molecule has 0 aliphatic heterocycles. The lowest BCUT2D eigenvalue weighted by Crippen LogP contribution is -2.39. The molecule has 0 bridgehead atoms. The SMILES string of the molecule is [B]c1ccc(C2(OC(=O)c3ccc(OCCCCCCOc4ccc(C(=O)OC5(c6ccc(Br)cc6)CCC(C6CCC(CCC)CC6)CC5)cc4)cc3)CCC(C3CCC(CCC)CC3)CC2)cc1. The molecule has 70 heavy (non-hydrogen) atoms. The van der Waals surface area contributed by atoms with Gasteiger partial charge in [0, 0.05) is 4.47 Å². The smallest absolute Gasteiger partial charge is 0.339 e. The van der Waals surface area contributed by atoms with Gasteiger partial charge in [0.25, 0.3) is 0 Å². The monoisotopic (exact) mass is 1010 g/mol. The number of halogens is 1. The Bertz CT molecular complexity index is 2030. The molecule has 2 radical (unpaired) electrons. The van der Waals surface area contributed by atoms with Gasteiger partial charge < -0.3 is 18.9 Å². The van der Waals surface area contributed by atoms with E-state index >= 15 is 0 Å².